The fourth-order valence-electron chi connectivity index (χ4n) is 0.789. The molecule has 1 aromatic carbocycles. The third kappa shape index (κ3) is 3.97. The molecule has 0 aliphatic carbocycles. The Kier molecular flexibility index (Phi) is 6.67. The van der Waals surface area contributed by atoms with Crippen molar-refractivity contribution in [3.05, 3.63) is 42.1 Å². The van der Waals surface area contributed by atoms with Gasteiger partial charge in [-0.3, -0.25) is 0 Å². The quantitative estimate of drug-likeness (QED) is 0.389. The first-order valence-corrected chi connectivity index (χ1v) is 3.10. The molecular weight excluding hydrogens is 317 g/mol. The number of hydrogen-bond donors (Lipinski definition) is 0. The minimum Gasteiger partial charge on any atom is -0.221 e. The van der Waals surface area contributed by atoms with E-state index < -0.39 is 17.6 Å². The molecule has 0 aliphatic heterocycles. The molecule has 1 rings (SSSR count). The number of benzene rings is 1. The second kappa shape index (κ2) is 5.71. The van der Waals surface area contributed by atoms with E-state index in [2.05, 4.69) is 6.92 Å². The van der Waals surface area contributed by atoms with Crippen LogP contribution in [0.4, 0.5) is 17.6 Å². The van der Waals surface area contributed by atoms with E-state index in [1.807, 2.05) is 0 Å². The van der Waals surface area contributed by atoms with Crippen LogP contribution in [-0.4, -0.2) is 0 Å². The Morgan fingerprint density at radius 3 is 2.00 bits per heavy atom. The van der Waals surface area contributed by atoms with Crippen LogP contribution in [0.25, 0.3) is 0 Å². The van der Waals surface area contributed by atoms with Gasteiger partial charge in [0.1, 0.15) is 0 Å². The van der Waals surface area contributed by atoms with Gasteiger partial charge < -0.3 is 0 Å². The normalized spacial score (nSPS) is 10.0. The van der Waals surface area contributed by atoms with Crippen molar-refractivity contribution in [3.8, 4) is 0 Å². The van der Waals surface area contributed by atoms with Gasteiger partial charge in [0.25, 0.3) is 0 Å². The summed E-state index contributed by atoms with van der Waals surface area (Å²) in [5.41, 5.74) is -1.03. The van der Waals surface area contributed by atoms with Gasteiger partial charge in [-0.15, -0.1) is 29.1 Å². The van der Waals surface area contributed by atoms with Crippen LogP contribution in [0.15, 0.2) is 18.2 Å². The predicted octanol–water partition coefficient (Wildman–Crippen LogP) is 3.60. The molecule has 0 saturated carbocycles. The zero-order chi connectivity index (χ0) is 9.35. The van der Waals surface area contributed by atoms with E-state index in [9.17, 15) is 17.6 Å². The fraction of sp³-hybridized carbons (Fsp3) is 0.125. The summed E-state index contributed by atoms with van der Waals surface area (Å²) in [4.78, 5) is 0. The third-order valence-corrected chi connectivity index (χ3v) is 1.34. The molecule has 0 fully saturated rings. The topological polar surface area (TPSA) is 0 Å². The third-order valence-electron chi connectivity index (χ3n) is 1.34. The van der Waals surface area contributed by atoms with Crippen molar-refractivity contribution in [2.45, 2.75) is 6.18 Å². The van der Waals surface area contributed by atoms with Crippen LogP contribution in [0, 0.1) is 12.7 Å². The molecule has 6 heteroatoms. The minimum atomic E-state index is -4.63. The average molecular weight is 323 g/mol. The minimum absolute atomic E-state index is 0. The molecule has 0 heterocycles. The molecule has 0 unspecified atom stereocenters. The van der Waals surface area contributed by atoms with Crippen molar-refractivity contribution in [1.82, 2.24) is 0 Å². The van der Waals surface area contributed by atoms with Gasteiger partial charge in [0.05, 0.1) is 11.4 Å². The van der Waals surface area contributed by atoms with Crippen LogP contribution in [0.3, 0.4) is 0 Å². The Morgan fingerprint density at radius 2 is 1.64 bits per heavy atom. The molecule has 0 spiro atoms. The standard InChI is InChI=1S/C8H5F4.BrH.Zn/c1-5-2-3-6(7(9)4-5)8(10,11)12;;/h2-4H,1H2;1H;/q-1;;. The molecular formula is C8H6BrF4Zn-. The number of hydrogen-bond acceptors (Lipinski definition) is 0. The summed E-state index contributed by atoms with van der Waals surface area (Å²) in [5, 5.41) is 0. The summed E-state index contributed by atoms with van der Waals surface area (Å²) in [5.74, 6) is -1.28. The Hall–Kier alpha value is -0.0866. The fourth-order valence-corrected chi connectivity index (χ4v) is 0.789. The van der Waals surface area contributed by atoms with Gasteiger partial charge >= 0.3 is 6.18 Å². The summed E-state index contributed by atoms with van der Waals surface area (Å²) in [6.45, 7) is 3.30. The monoisotopic (exact) mass is 321 g/mol. The van der Waals surface area contributed by atoms with E-state index >= 15 is 0 Å². The number of alkyl halides is 3. The van der Waals surface area contributed by atoms with Gasteiger partial charge in [0.15, 0.2) is 0 Å². The SMILES string of the molecule is Br.[CH2-]c1ccc(C(F)(F)F)c(F)c1.[Zn]. The van der Waals surface area contributed by atoms with Crippen LogP contribution in [-0.2, 0) is 25.7 Å². The van der Waals surface area contributed by atoms with Crippen LogP contribution < -0.4 is 0 Å². The van der Waals surface area contributed by atoms with Gasteiger partial charge in [-0.25, -0.2) is 4.39 Å². The van der Waals surface area contributed by atoms with Crippen LogP contribution >= 0.6 is 17.0 Å². The summed E-state index contributed by atoms with van der Waals surface area (Å²) in [6, 6.07) is 2.55. The molecule has 0 amide bonds. The van der Waals surface area contributed by atoms with Crippen molar-refractivity contribution >= 4 is 17.0 Å². The van der Waals surface area contributed by atoms with E-state index in [-0.39, 0.29) is 42.0 Å². The molecule has 0 saturated heterocycles. The number of halogens is 5. The molecule has 14 heavy (non-hydrogen) atoms. The maximum atomic E-state index is 12.6. The second-order valence-electron chi connectivity index (χ2n) is 2.31. The van der Waals surface area contributed by atoms with Crippen LogP contribution in [0.5, 0.6) is 0 Å². The van der Waals surface area contributed by atoms with E-state index in [1.54, 1.807) is 0 Å². The Bertz CT molecular complexity index is 298. The first kappa shape index (κ1) is 16.3. The molecule has 0 bridgehead atoms. The van der Waals surface area contributed by atoms with Gasteiger partial charge in [0, 0.05) is 19.5 Å². The Labute approximate surface area is 102 Å². The van der Waals surface area contributed by atoms with E-state index in [0.29, 0.717) is 6.07 Å². The van der Waals surface area contributed by atoms with E-state index in [0.717, 1.165) is 12.1 Å². The predicted molar refractivity (Wildman–Crippen MR) is 46.2 cm³/mol. The molecule has 1 aromatic rings. The first-order valence-electron chi connectivity index (χ1n) is 3.10. The van der Waals surface area contributed by atoms with Gasteiger partial charge in [-0.1, -0.05) is 0 Å². The van der Waals surface area contributed by atoms with Crippen molar-refractivity contribution < 1.29 is 37.0 Å². The zero-order valence-electron chi connectivity index (χ0n) is 7.07. The summed E-state index contributed by atoms with van der Waals surface area (Å²) in [6.07, 6.45) is -4.63. The van der Waals surface area contributed by atoms with E-state index in [1.165, 1.54) is 0 Å². The van der Waals surface area contributed by atoms with Gasteiger partial charge in [-0.05, 0) is 0 Å². The molecule has 0 nitrogen and oxygen atoms in total. The number of rotatable bonds is 0. The zero-order valence-corrected chi connectivity index (χ0v) is 11.7. The van der Waals surface area contributed by atoms with Gasteiger partial charge in [0.2, 0.25) is 0 Å². The first-order chi connectivity index (χ1) is 5.41. The molecule has 0 atom stereocenters. The summed E-state index contributed by atoms with van der Waals surface area (Å²) in [7, 11) is 0. The van der Waals surface area contributed by atoms with Gasteiger partial charge in [-0.2, -0.15) is 31.7 Å². The molecule has 0 aliphatic rings. The maximum absolute atomic E-state index is 12.6. The Balaban J connectivity index is 0. The van der Waals surface area contributed by atoms with Crippen molar-refractivity contribution in [3.63, 3.8) is 0 Å². The van der Waals surface area contributed by atoms with Crippen molar-refractivity contribution in [1.29, 1.82) is 0 Å². The van der Waals surface area contributed by atoms with Crippen LogP contribution in [0.1, 0.15) is 11.1 Å². The summed E-state index contributed by atoms with van der Waals surface area (Å²) < 4.78 is 48.3. The van der Waals surface area contributed by atoms with Crippen molar-refractivity contribution in [2.75, 3.05) is 0 Å². The average Bonchev–Trinajstić information content (AvgIpc) is 1.83. The van der Waals surface area contributed by atoms with Crippen LogP contribution in [0.2, 0.25) is 0 Å². The Morgan fingerprint density at radius 1 is 1.14 bits per heavy atom. The molecule has 0 N–H and O–H groups in total. The van der Waals surface area contributed by atoms with E-state index in [4.69, 9.17) is 0 Å². The smallest absolute Gasteiger partial charge is 0.221 e. The largest absolute Gasteiger partial charge is 0.417 e. The molecule has 0 radical (unpaired) electrons. The second-order valence-corrected chi connectivity index (χ2v) is 2.31. The van der Waals surface area contributed by atoms with Crippen molar-refractivity contribution in [2.24, 2.45) is 0 Å². The molecule has 76 valence electrons. The summed E-state index contributed by atoms with van der Waals surface area (Å²) >= 11 is 0. The maximum Gasteiger partial charge on any atom is 0.417 e. The molecule has 0 aromatic heterocycles.